The molecule has 0 amide bonds. The number of nitrogens with zero attached hydrogens (tertiary/aromatic N) is 4. The zero-order valence-corrected chi connectivity index (χ0v) is 18.0. The Balaban J connectivity index is 0.00000288. The van der Waals surface area contributed by atoms with E-state index >= 15 is 0 Å². The summed E-state index contributed by atoms with van der Waals surface area (Å²) in [6.45, 7) is 6.37. The van der Waals surface area contributed by atoms with Gasteiger partial charge < -0.3 is 10.2 Å². The third-order valence-corrected chi connectivity index (χ3v) is 4.26. The number of pyridine rings is 1. The average molecular weight is 480 g/mol. The van der Waals surface area contributed by atoms with Gasteiger partial charge in [-0.05, 0) is 31.9 Å². The van der Waals surface area contributed by atoms with Gasteiger partial charge in [-0.25, -0.2) is 9.97 Å². The normalized spacial score (nSPS) is 11.1. The predicted molar refractivity (Wildman–Crippen MR) is 113 cm³/mol. The fourth-order valence-electron chi connectivity index (χ4n) is 2.11. The number of halogens is 2. The largest absolute Gasteiger partial charge is 0.357 e. The van der Waals surface area contributed by atoms with Gasteiger partial charge in [-0.15, -0.1) is 35.3 Å². The first-order valence-electron chi connectivity index (χ1n) is 7.59. The Bertz CT molecular complexity index is 644. The van der Waals surface area contributed by atoms with Gasteiger partial charge in [-0.3, -0.25) is 4.99 Å². The van der Waals surface area contributed by atoms with E-state index in [4.69, 9.17) is 11.6 Å². The monoisotopic (exact) mass is 479 g/mol. The highest BCUT2D eigenvalue weighted by Gasteiger charge is 2.08. The van der Waals surface area contributed by atoms with Crippen LogP contribution in [0.25, 0.3) is 0 Å². The molecule has 0 aliphatic heterocycles. The Morgan fingerprint density at radius 2 is 2.21 bits per heavy atom. The zero-order valence-electron chi connectivity index (χ0n) is 14.1. The molecule has 0 aromatic carbocycles. The van der Waals surface area contributed by atoms with E-state index in [2.05, 4.69) is 37.5 Å². The van der Waals surface area contributed by atoms with Crippen LogP contribution in [0.1, 0.15) is 23.2 Å². The van der Waals surface area contributed by atoms with Crippen molar-refractivity contribution in [3.8, 4) is 0 Å². The van der Waals surface area contributed by atoms with Gasteiger partial charge in [-0.2, -0.15) is 0 Å². The van der Waals surface area contributed by atoms with Crippen LogP contribution in [0, 0.1) is 6.92 Å². The van der Waals surface area contributed by atoms with Crippen molar-refractivity contribution in [2.75, 3.05) is 20.1 Å². The van der Waals surface area contributed by atoms with Crippen LogP contribution in [0.4, 0.5) is 0 Å². The van der Waals surface area contributed by atoms with Gasteiger partial charge in [0.25, 0.3) is 0 Å². The van der Waals surface area contributed by atoms with Gasteiger partial charge in [0.15, 0.2) is 5.96 Å². The van der Waals surface area contributed by atoms with Crippen molar-refractivity contribution < 1.29 is 0 Å². The lowest BCUT2D eigenvalue weighted by molar-refractivity contribution is 0.471. The molecule has 8 heteroatoms. The zero-order chi connectivity index (χ0) is 16.7. The minimum Gasteiger partial charge on any atom is -0.357 e. The lowest BCUT2D eigenvalue weighted by Gasteiger charge is -2.21. The van der Waals surface area contributed by atoms with Crippen molar-refractivity contribution in [1.82, 2.24) is 20.2 Å². The molecule has 0 saturated heterocycles. The van der Waals surface area contributed by atoms with Crippen molar-refractivity contribution >= 4 is 52.9 Å². The van der Waals surface area contributed by atoms with Gasteiger partial charge in [0.2, 0.25) is 0 Å². The van der Waals surface area contributed by atoms with E-state index in [1.807, 2.05) is 26.1 Å². The molecule has 2 aromatic rings. The summed E-state index contributed by atoms with van der Waals surface area (Å²) in [4.78, 5) is 15.4. The molecule has 132 valence electrons. The average Bonchev–Trinajstić information content (AvgIpc) is 2.93. The molecule has 24 heavy (non-hydrogen) atoms. The maximum Gasteiger partial charge on any atom is 0.194 e. The van der Waals surface area contributed by atoms with Crippen molar-refractivity contribution in [2.45, 2.75) is 26.8 Å². The second kappa shape index (κ2) is 10.8. The number of nitrogens with one attached hydrogen (secondary N) is 1. The number of thiazole rings is 1. The van der Waals surface area contributed by atoms with Crippen LogP contribution >= 0.6 is 46.9 Å². The predicted octanol–water partition coefficient (Wildman–Crippen LogP) is 3.76. The maximum atomic E-state index is 5.80. The number of rotatable bonds is 6. The summed E-state index contributed by atoms with van der Waals surface area (Å²) in [5.41, 5.74) is 2.20. The van der Waals surface area contributed by atoms with Crippen LogP contribution in [0.5, 0.6) is 0 Å². The van der Waals surface area contributed by atoms with Gasteiger partial charge in [0.05, 0.1) is 17.2 Å². The fourth-order valence-corrected chi connectivity index (χ4v) is 2.83. The maximum absolute atomic E-state index is 5.80. The molecule has 0 unspecified atom stereocenters. The van der Waals surface area contributed by atoms with Crippen LogP contribution in [-0.2, 0) is 13.0 Å². The number of aryl methyl sites for hydroxylation is 1. The Morgan fingerprint density at radius 1 is 1.42 bits per heavy atom. The SMILES string of the molecule is CCNC(=NCCc1ccc(Cl)nc1)N(C)Cc1csc(C)n1.I. The molecule has 2 aromatic heterocycles. The lowest BCUT2D eigenvalue weighted by Crippen LogP contribution is -2.38. The van der Waals surface area contributed by atoms with Gasteiger partial charge in [0.1, 0.15) is 5.15 Å². The molecule has 2 rings (SSSR count). The molecule has 5 nitrogen and oxygen atoms in total. The summed E-state index contributed by atoms with van der Waals surface area (Å²) in [5, 5.41) is 7.02. The minimum absolute atomic E-state index is 0. The number of hydrogen-bond donors (Lipinski definition) is 1. The van der Waals surface area contributed by atoms with Crippen molar-refractivity contribution in [3.63, 3.8) is 0 Å². The summed E-state index contributed by atoms with van der Waals surface area (Å²) < 4.78 is 0. The van der Waals surface area contributed by atoms with Gasteiger partial charge >= 0.3 is 0 Å². The van der Waals surface area contributed by atoms with Crippen LogP contribution in [0.15, 0.2) is 28.7 Å². The molecule has 2 heterocycles. The van der Waals surface area contributed by atoms with Crippen LogP contribution in [-0.4, -0.2) is 41.0 Å². The van der Waals surface area contributed by atoms with E-state index in [0.717, 1.165) is 41.7 Å². The highest BCUT2D eigenvalue weighted by atomic mass is 127. The van der Waals surface area contributed by atoms with E-state index in [0.29, 0.717) is 11.7 Å². The first kappa shape index (κ1) is 21.1. The standard InChI is InChI=1S/C16H22ClN5S.HI/c1-4-18-16(22(3)10-14-11-23-12(2)21-14)19-8-7-13-5-6-15(17)20-9-13;/h5-6,9,11H,4,7-8,10H2,1-3H3,(H,18,19);1H. The third kappa shape index (κ3) is 6.90. The van der Waals surface area contributed by atoms with Gasteiger partial charge in [-0.1, -0.05) is 17.7 Å². The highest BCUT2D eigenvalue weighted by molar-refractivity contribution is 14.0. The molecule has 1 N–H and O–H groups in total. The van der Waals surface area contributed by atoms with E-state index < -0.39 is 0 Å². The fraction of sp³-hybridized carbons (Fsp3) is 0.438. The van der Waals surface area contributed by atoms with E-state index in [-0.39, 0.29) is 24.0 Å². The molecular formula is C16H23ClIN5S. The summed E-state index contributed by atoms with van der Waals surface area (Å²) >= 11 is 7.47. The molecule has 0 bridgehead atoms. The number of guanidine groups is 1. The van der Waals surface area contributed by atoms with Crippen LogP contribution in [0.2, 0.25) is 5.15 Å². The molecule has 0 aliphatic rings. The second-order valence-corrected chi connectivity index (χ2v) is 6.64. The third-order valence-electron chi connectivity index (χ3n) is 3.21. The highest BCUT2D eigenvalue weighted by Crippen LogP contribution is 2.10. The number of hydrogen-bond acceptors (Lipinski definition) is 4. The smallest absolute Gasteiger partial charge is 0.194 e. The molecule has 0 spiro atoms. The Morgan fingerprint density at radius 3 is 2.79 bits per heavy atom. The molecule has 0 atom stereocenters. The van der Waals surface area contributed by atoms with Crippen molar-refractivity contribution in [1.29, 1.82) is 0 Å². The molecule has 0 aliphatic carbocycles. The van der Waals surface area contributed by atoms with E-state index in [1.165, 1.54) is 0 Å². The van der Waals surface area contributed by atoms with Crippen molar-refractivity contribution in [3.05, 3.63) is 45.1 Å². The molecule has 0 saturated carbocycles. The Labute approximate surface area is 169 Å². The molecular weight excluding hydrogens is 457 g/mol. The van der Waals surface area contributed by atoms with E-state index in [1.54, 1.807) is 17.5 Å². The summed E-state index contributed by atoms with van der Waals surface area (Å²) in [6, 6.07) is 3.79. The summed E-state index contributed by atoms with van der Waals surface area (Å²) in [7, 11) is 2.03. The van der Waals surface area contributed by atoms with E-state index in [9.17, 15) is 0 Å². The summed E-state index contributed by atoms with van der Waals surface area (Å²) in [5.74, 6) is 0.889. The summed E-state index contributed by atoms with van der Waals surface area (Å²) in [6.07, 6.45) is 2.63. The topological polar surface area (TPSA) is 53.4 Å². The Hall–Kier alpha value is -0.930. The first-order valence-corrected chi connectivity index (χ1v) is 8.85. The second-order valence-electron chi connectivity index (χ2n) is 5.19. The quantitative estimate of drug-likeness (QED) is 0.297. The van der Waals surface area contributed by atoms with Crippen molar-refractivity contribution in [2.24, 2.45) is 4.99 Å². The minimum atomic E-state index is 0. The van der Waals surface area contributed by atoms with Crippen LogP contribution < -0.4 is 5.32 Å². The number of aromatic nitrogens is 2. The van der Waals surface area contributed by atoms with Crippen LogP contribution in [0.3, 0.4) is 0 Å². The molecule has 0 radical (unpaired) electrons. The first-order chi connectivity index (χ1) is 11.1. The lowest BCUT2D eigenvalue weighted by atomic mass is 10.2. The Kier molecular flexibility index (Phi) is 9.53. The number of aliphatic imine (C=N–C) groups is 1. The molecule has 0 fully saturated rings. The van der Waals surface area contributed by atoms with Gasteiger partial charge in [0, 0.05) is 31.7 Å².